The molecule has 0 unspecified atom stereocenters. The number of pyridine rings is 1. The average Bonchev–Trinajstić information content (AvgIpc) is 2.65. The molecule has 1 fully saturated rings. The van der Waals surface area contributed by atoms with Gasteiger partial charge in [-0.1, -0.05) is 18.9 Å². The highest BCUT2D eigenvalue weighted by Gasteiger charge is 2.13. The summed E-state index contributed by atoms with van der Waals surface area (Å²) < 4.78 is 0. The van der Waals surface area contributed by atoms with Crippen molar-refractivity contribution in [1.29, 1.82) is 0 Å². The Hall–Kier alpha value is -1.09. The lowest BCUT2D eigenvalue weighted by Crippen LogP contribution is -2.35. The first-order valence-corrected chi connectivity index (χ1v) is 7.92. The number of anilines is 1. The minimum atomic E-state index is 0.149. The van der Waals surface area contributed by atoms with Gasteiger partial charge in [-0.3, -0.25) is 0 Å². The lowest BCUT2D eigenvalue weighted by Gasteiger charge is -2.24. The predicted octanol–water partition coefficient (Wildman–Crippen LogP) is 3.66. The molecule has 1 aliphatic rings. The van der Waals surface area contributed by atoms with Crippen LogP contribution < -0.4 is 10.2 Å². The molecule has 1 N–H and O–H groups in total. The molecule has 3 heteroatoms. The minimum Gasteiger partial charge on any atom is -0.357 e. The molecule has 0 spiro atoms. The zero-order valence-electron chi connectivity index (χ0n) is 13.5. The predicted molar refractivity (Wildman–Crippen MR) is 86.2 cm³/mol. The summed E-state index contributed by atoms with van der Waals surface area (Å²) in [4.78, 5) is 7.27. The Morgan fingerprint density at radius 3 is 2.30 bits per heavy atom. The van der Waals surface area contributed by atoms with Crippen molar-refractivity contribution in [2.75, 3.05) is 18.0 Å². The Morgan fingerprint density at radius 1 is 1.10 bits per heavy atom. The van der Waals surface area contributed by atoms with Gasteiger partial charge in [-0.05, 0) is 52.2 Å². The SMILES string of the molecule is Cc1nc(N2CCCCCC2)ccc1CNC(C)(C)C. The third-order valence-electron chi connectivity index (χ3n) is 3.92. The number of aromatic nitrogens is 1. The van der Waals surface area contributed by atoms with Gasteiger partial charge < -0.3 is 10.2 Å². The minimum absolute atomic E-state index is 0.149. The van der Waals surface area contributed by atoms with Crippen LogP contribution in [0.25, 0.3) is 0 Å². The summed E-state index contributed by atoms with van der Waals surface area (Å²) in [6.45, 7) is 11.9. The van der Waals surface area contributed by atoms with E-state index in [1.165, 1.54) is 31.2 Å². The molecule has 1 saturated heterocycles. The Kier molecular flexibility index (Phi) is 5.03. The van der Waals surface area contributed by atoms with E-state index >= 15 is 0 Å². The Morgan fingerprint density at radius 2 is 1.75 bits per heavy atom. The van der Waals surface area contributed by atoms with Crippen molar-refractivity contribution in [2.24, 2.45) is 0 Å². The molecule has 3 nitrogen and oxygen atoms in total. The molecule has 1 aliphatic heterocycles. The molecule has 1 aromatic rings. The van der Waals surface area contributed by atoms with Crippen LogP contribution in [0.2, 0.25) is 0 Å². The summed E-state index contributed by atoms with van der Waals surface area (Å²) in [6.07, 6.45) is 5.33. The maximum atomic E-state index is 4.83. The van der Waals surface area contributed by atoms with Gasteiger partial charge in [0, 0.05) is 30.9 Å². The van der Waals surface area contributed by atoms with E-state index < -0.39 is 0 Å². The van der Waals surface area contributed by atoms with Gasteiger partial charge >= 0.3 is 0 Å². The summed E-state index contributed by atoms with van der Waals surface area (Å²) in [5, 5.41) is 3.53. The quantitative estimate of drug-likeness (QED) is 0.912. The van der Waals surface area contributed by atoms with E-state index in [4.69, 9.17) is 4.98 Å². The topological polar surface area (TPSA) is 28.2 Å². The molecule has 0 aromatic carbocycles. The monoisotopic (exact) mass is 275 g/mol. The molecule has 0 saturated carbocycles. The summed E-state index contributed by atoms with van der Waals surface area (Å²) in [5.41, 5.74) is 2.61. The lowest BCUT2D eigenvalue weighted by molar-refractivity contribution is 0.423. The zero-order valence-corrected chi connectivity index (χ0v) is 13.5. The second-order valence-corrected chi connectivity index (χ2v) is 6.92. The van der Waals surface area contributed by atoms with Gasteiger partial charge in [0.15, 0.2) is 0 Å². The molecule has 0 aliphatic carbocycles. The highest BCUT2D eigenvalue weighted by molar-refractivity contribution is 5.41. The van der Waals surface area contributed by atoms with E-state index in [0.29, 0.717) is 0 Å². The van der Waals surface area contributed by atoms with Crippen molar-refractivity contribution in [1.82, 2.24) is 10.3 Å². The number of hydrogen-bond acceptors (Lipinski definition) is 3. The molecule has 2 heterocycles. The van der Waals surface area contributed by atoms with E-state index in [9.17, 15) is 0 Å². The number of aryl methyl sites for hydroxylation is 1. The van der Waals surface area contributed by atoms with Crippen molar-refractivity contribution in [3.63, 3.8) is 0 Å². The summed E-state index contributed by atoms with van der Waals surface area (Å²) >= 11 is 0. The van der Waals surface area contributed by atoms with Crippen molar-refractivity contribution >= 4 is 5.82 Å². The Labute approximate surface area is 123 Å². The molecule has 1 aromatic heterocycles. The van der Waals surface area contributed by atoms with Crippen LogP contribution >= 0.6 is 0 Å². The van der Waals surface area contributed by atoms with Gasteiger partial charge in [0.1, 0.15) is 5.82 Å². The molecule has 20 heavy (non-hydrogen) atoms. The van der Waals surface area contributed by atoms with Gasteiger partial charge in [-0.15, -0.1) is 0 Å². The second-order valence-electron chi connectivity index (χ2n) is 6.92. The highest BCUT2D eigenvalue weighted by atomic mass is 15.2. The van der Waals surface area contributed by atoms with Crippen molar-refractivity contribution in [3.05, 3.63) is 23.4 Å². The van der Waals surface area contributed by atoms with E-state index in [-0.39, 0.29) is 5.54 Å². The van der Waals surface area contributed by atoms with Crippen LogP contribution in [-0.2, 0) is 6.54 Å². The Balaban J connectivity index is 2.04. The lowest BCUT2D eigenvalue weighted by atomic mass is 10.1. The first kappa shape index (κ1) is 15.3. The highest BCUT2D eigenvalue weighted by Crippen LogP contribution is 2.19. The first-order chi connectivity index (χ1) is 9.46. The molecule has 0 atom stereocenters. The first-order valence-electron chi connectivity index (χ1n) is 7.92. The fourth-order valence-electron chi connectivity index (χ4n) is 2.60. The summed E-state index contributed by atoms with van der Waals surface area (Å²) in [5.74, 6) is 1.16. The van der Waals surface area contributed by atoms with Crippen molar-refractivity contribution < 1.29 is 0 Å². The number of hydrogen-bond donors (Lipinski definition) is 1. The fourth-order valence-corrected chi connectivity index (χ4v) is 2.60. The zero-order chi connectivity index (χ0) is 14.6. The molecule has 0 radical (unpaired) electrons. The van der Waals surface area contributed by atoms with E-state index in [1.807, 2.05) is 0 Å². The molecule has 2 rings (SSSR count). The maximum absolute atomic E-state index is 4.83. The van der Waals surface area contributed by atoms with Crippen molar-refractivity contribution in [2.45, 2.75) is 65.5 Å². The fraction of sp³-hybridized carbons (Fsp3) is 0.706. The molecule has 112 valence electrons. The van der Waals surface area contributed by atoms with Gasteiger partial charge in [0.2, 0.25) is 0 Å². The third kappa shape index (κ3) is 4.48. The van der Waals surface area contributed by atoms with Crippen molar-refractivity contribution in [3.8, 4) is 0 Å². The normalized spacial score (nSPS) is 17.1. The third-order valence-corrected chi connectivity index (χ3v) is 3.92. The van der Waals surface area contributed by atoms with Crippen LogP contribution in [0, 0.1) is 6.92 Å². The van der Waals surface area contributed by atoms with Gasteiger partial charge in [0.05, 0.1) is 0 Å². The summed E-state index contributed by atoms with van der Waals surface area (Å²) in [6, 6.07) is 4.43. The largest absolute Gasteiger partial charge is 0.357 e. The van der Waals surface area contributed by atoms with Gasteiger partial charge in [-0.25, -0.2) is 4.98 Å². The Bertz CT molecular complexity index is 426. The van der Waals surface area contributed by atoms with Crippen LogP contribution in [0.15, 0.2) is 12.1 Å². The van der Waals surface area contributed by atoms with E-state index in [2.05, 4.69) is 50.0 Å². The number of rotatable bonds is 3. The summed E-state index contributed by atoms with van der Waals surface area (Å²) in [7, 11) is 0. The number of nitrogens with one attached hydrogen (secondary N) is 1. The van der Waals surface area contributed by atoms with E-state index in [0.717, 1.165) is 31.1 Å². The van der Waals surface area contributed by atoms with Crippen LogP contribution in [0.3, 0.4) is 0 Å². The van der Waals surface area contributed by atoms with Gasteiger partial charge in [0.25, 0.3) is 0 Å². The van der Waals surface area contributed by atoms with Crippen LogP contribution in [0.1, 0.15) is 57.7 Å². The smallest absolute Gasteiger partial charge is 0.128 e. The van der Waals surface area contributed by atoms with Crippen LogP contribution in [-0.4, -0.2) is 23.6 Å². The molecular formula is C17H29N3. The average molecular weight is 275 g/mol. The van der Waals surface area contributed by atoms with Crippen LogP contribution in [0.4, 0.5) is 5.82 Å². The molecule has 0 bridgehead atoms. The second kappa shape index (κ2) is 6.57. The van der Waals surface area contributed by atoms with Gasteiger partial charge in [-0.2, -0.15) is 0 Å². The molecule has 0 amide bonds. The van der Waals surface area contributed by atoms with Crippen LogP contribution in [0.5, 0.6) is 0 Å². The van der Waals surface area contributed by atoms with E-state index in [1.54, 1.807) is 0 Å². The standard InChI is InChI=1S/C17H29N3/c1-14-15(13-18-17(2,3)4)9-10-16(19-14)20-11-7-5-6-8-12-20/h9-10,18H,5-8,11-13H2,1-4H3. The maximum Gasteiger partial charge on any atom is 0.128 e. The number of nitrogens with zero attached hydrogens (tertiary/aromatic N) is 2. The molecular weight excluding hydrogens is 246 g/mol.